The molecule has 0 spiro atoms. The maximum Gasteiger partial charge on any atom is 0.338 e. The molecule has 1 aromatic carbocycles. The maximum atomic E-state index is 14.3. The molecule has 3 N–H and O–H groups in total. The highest BCUT2D eigenvalue weighted by molar-refractivity contribution is 7.89. The number of sulfonamides is 1. The van der Waals surface area contributed by atoms with Crippen molar-refractivity contribution in [2.24, 2.45) is 11.7 Å². The highest BCUT2D eigenvalue weighted by atomic mass is 32.2. The molecule has 0 saturated heterocycles. The summed E-state index contributed by atoms with van der Waals surface area (Å²) in [5.74, 6) is -3.97. The van der Waals surface area contributed by atoms with Gasteiger partial charge in [-0.1, -0.05) is 13.8 Å². The normalized spacial score (nSPS) is 11.9. The van der Waals surface area contributed by atoms with Crippen molar-refractivity contribution >= 4 is 21.9 Å². The van der Waals surface area contributed by atoms with Crippen molar-refractivity contribution < 1.29 is 27.5 Å². The molecule has 1 aromatic rings. The lowest BCUT2D eigenvalue weighted by atomic mass is 10.1. The summed E-state index contributed by atoms with van der Waals surface area (Å²) >= 11 is 0. The summed E-state index contributed by atoms with van der Waals surface area (Å²) in [6.45, 7) is 4.22. The number of carbonyl (C=O) groups is 2. The number of hydrogen-bond donors (Lipinski definition) is 2. The molecule has 0 atom stereocenters. The predicted molar refractivity (Wildman–Crippen MR) is 80.9 cm³/mol. The number of hydrogen-bond acceptors (Lipinski definition) is 4. The Balaban J connectivity index is 3.51. The Morgan fingerprint density at radius 2 is 1.91 bits per heavy atom. The van der Waals surface area contributed by atoms with E-state index in [9.17, 15) is 22.4 Å². The van der Waals surface area contributed by atoms with Crippen molar-refractivity contribution in [2.45, 2.75) is 25.7 Å². The van der Waals surface area contributed by atoms with Gasteiger partial charge in [0.2, 0.25) is 15.9 Å². The number of nitrogens with zero attached hydrogens (tertiary/aromatic N) is 1. The van der Waals surface area contributed by atoms with E-state index in [0.717, 1.165) is 16.4 Å². The summed E-state index contributed by atoms with van der Waals surface area (Å²) in [6.07, 6.45) is 0. The number of carboxylic acids is 1. The van der Waals surface area contributed by atoms with Gasteiger partial charge in [-0.15, -0.1) is 0 Å². The van der Waals surface area contributed by atoms with E-state index in [1.807, 2.05) is 0 Å². The molecule has 0 heterocycles. The highest BCUT2D eigenvalue weighted by Crippen LogP contribution is 2.24. The largest absolute Gasteiger partial charge is 0.478 e. The van der Waals surface area contributed by atoms with E-state index in [1.54, 1.807) is 13.8 Å². The number of rotatable bonds is 7. The van der Waals surface area contributed by atoms with Gasteiger partial charge in [-0.2, -0.15) is 4.31 Å². The van der Waals surface area contributed by atoms with Crippen LogP contribution in [0, 0.1) is 18.7 Å². The topological polar surface area (TPSA) is 118 Å². The van der Waals surface area contributed by atoms with Gasteiger partial charge in [-0.3, -0.25) is 4.79 Å². The number of aryl methyl sites for hydroxylation is 1. The minimum absolute atomic E-state index is 0.0545. The molecule has 128 valence electrons. The minimum atomic E-state index is -4.41. The third-order valence-corrected chi connectivity index (χ3v) is 4.74. The van der Waals surface area contributed by atoms with E-state index in [0.29, 0.717) is 0 Å². The standard InChI is InChI=1S/C14H19FN2O5S/c1-8(2)6-17(7-12(16)18)23(21,22)11-5-9(3)4-10(13(11)15)14(19)20/h4-5,8H,6-7H2,1-3H3,(H2,16,18)(H,19,20). The average Bonchev–Trinajstić information content (AvgIpc) is 2.38. The summed E-state index contributed by atoms with van der Waals surface area (Å²) in [5, 5.41) is 8.99. The van der Waals surface area contributed by atoms with Gasteiger partial charge in [-0.05, 0) is 30.5 Å². The quantitative estimate of drug-likeness (QED) is 0.762. The Morgan fingerprint density at radius 3 is 2.35 bits per heavy atom. The zero-order valence-electron chi connectivity index (χ0n) is 13.0. The first-order valence-electron chi connectivity index (χ1n) is 6.78. The van der Waals surface area contributed by atoms with Crippen LogP contribution in [0.4, 0.5) is 4.39 Å². The van der Waals surface area contributed by atoms with Crippen LogP contribution in [0.1, 0.15) is 29.8 Å². The second-order valence-electron chi connectivity index (χ2n) is 5.59. The summed E-state index contributed by atoms with van der Waals surface area (Å²) < 4.78 is 40.4. The summed E-state index contributed by atoms with van der Waals surface area (Å²) in [4.78, 5) is 21.4. The van der Waals surface area contributed by atoms with Crippen molar-refractivity contribution in [3.8, 4) is 0 Å². The van der Waals surface area contributed by atoms with Crippen LogP contribution in [0.3, 0.4) is 0 Å². The third-order valence-electron chi connectivity index (χ3n) is 2.93. The molecule has 0 bridgehead atoms. The van der Waals surface area contributed by atoms with Gasteiger partial charge in [-0.25, -0.2) is 17.6 Å². The van der Waals surface area contributed by atoms with E-state index >= 15 is 0 Å². The van der Waals surface area contributed by atoms with E-state index in [4.69, 9.17) is 10.8 Å². The van der Waals surface area contributed by atoms with Crippen LogP contribution in [0.25, 0.3) is 0 Å². The molecule has 0 unspecified atom stereocenters. The fraction of sp³-hybridized carbons (Fsp3) is 0.429. The lowest BCUT2D eigenvalue weighted by Gasteiger charge is -2.23. The van der Waals surface area contributed by atoms with Crippen LogP contribution in [-0.2, 0) is 14.8 Å². The molecule has 1 amide bonds. The number of benzene rings is 1. The number of nitrogens with two attached hydrogens (primary N) is 1. The molecular formula is C14H19FN2O5S. The number of halogens is 1. The molecular weight excluding hydrogens is 327 g/mol. The third kappa shape index (κ3) is 4.49. The lowest BCUT2D eigenvalue weighted by Crippen LogP contribution is -2.41. The Kier molecular flexibility index (Phi) is 5.84. The minimum Gasteiger partial charge on any atom is -0.478 e. The first-order valence-corrected chi connectivity index (χ1v) is 8.22. The van der Waals surface area contributed by atoms with Crippen LogP contribution >= 0.6 is 0 Å². The van der Waals surface area contributed by atoms with Gasteiger partial charge in [0, 0.05) is 6.54 Å². The number of primary amides is 1. The van der Waals surface area contributed by atoms with Crippen LogP contribution < -0.4 is 5.73 Å². The van der Waals surface area contributed by atoms with Gasteiger partial charge in [0.1, 0.15) is 4.90 Å². The molecule has 0 aromatic heterocycles. The zero-order chi connectivity index (χ0) is 17.9. The van der Waals surface area contributed by atoms with Crippen molar-refractivity contribution in [1.29, 1.82) is 0 Å². The summed E-state index contributed by atoms with van der Waals surface area (Å²) in [5.41, 5.74) is 4.58. The molecule has 0 aliphatic heterocycles. The monoisotopic (exact) mass is 346 g/mol. The highest BCUT2D eigenvalue weighted by Gasteiger charge is 2.31. The van der Waals surface area contributed by atoms with Gasteiger partial charge >= 0.3 is 5.97 Å². The van der Waals surface area contributed by atoms with E-state index in [-0.39, 0.29) is 18.0 Å². The van der Waals surface area contributed by atoms with E-state index in [1.165, 1.54) is 6.92 Å². The second kappa shape index (κ2) is 7.05. The number of carboxylic acid groups (broad SMARTS) is 1. The molecule has 0 aliphatic carbocycles. The number of amides is 1. The molecule has 1 rings (SSSR count). The zero-order valence-corrected chi connectivity index (χ0v) is 13.9. The average molecular weight is 346 g/mol. The van der Waals surface area contributed by atoms with Crippen LogP contribution in [-0.4, -0.2) is 42.8 Å². The fourth-order valence-corrected chi connectivity index (χ4v) is 3.79. The van der Waals surface area contributed by atoms with Gasteiger partial charge < -0.3 is 10.8 Å². The van der Waals surface area contributed by atoms with E-state index < -0.39 is 44.7 Å². The smallest absolute Gasteiger partial charge is 0.338 e. The number of aromatic carboxylic acids is 1. The first-order chi connectivity index (χ1) is 10.5. The van der Waals surface area contributed by atoms with Crippen LogP contribution in [0.2, 0.25) is 0 Å². The summed E-state index contributed by atoms with van der Waals surface area (Å²) in [7, 11) is -4.41. The molecule has 0 saturated carbocycles. The fourth-order valence-electron chi connectivity index (χ4n) is 2.05. The molecule has 9 heteroatoms. The molecule has 7 nitrogen and oxygen atoms in total. The first kappa shape index (κ1) is 19.0. The van der Waals surface area contributed by atoms with Gasteiger partial charge in [0.05, 0.1) is 12.1 Å². The Bertz CT molecular complexity index is 731. The van der Waals surface area contributed by atoms with E-state index in [2.05, 4.69) is 0 Å². The van der Waals surface area contributed by atoms with Crippen LogP contribution in [0.15, 0.2) is 17.0 Å². The Morgan fingerprint density at radius 1 is 1.35 bits per heavy atom. The molecule has 0 fully saturated rings. The lowest BCUT2D eigenvalue weighted by molar-refractivity contribution is -0.118. The van der Waals surface area contributed by atoms with Crippen molar-refractivity contribution in [2.75, 3.05) is 13.1 Å². The predicted octanol–water partition coefficient (Wildman–Crippen LogP) is 0.964. The van der Waals surface area contributed by atoms with Crippen LogP contribution in [0.5, 0.6) is 0 Å². The molecule has 0 radical (unpaired) electrons. The Hall–Kier alpha value is -2.00. The Labute approximate surface area is 133 Å². The summed E-state index contributed by atoms with van der Waals surface area (Å²) in [6, 6.07) is 2.07. The molecule has 23 heavy (non-hydrogen) atoms. The van der Waals surface area contributed by atoms with Crippen molar-refractivity contribution in [1.82, 2.24) is 4.31 Å². The van der Waals surface area contributed by atoms with Gasteiger partial charge in [0.25, 0.3) is 0 Å². The van der Waals surface area contributed by atoms with Gasteiger partial charge in [0.15, 0.2) is 5.82 Å². The second-order valence-corrected chi connectivity index (χ2v) is 7.49. The number of carbonyl (C=O) groups excluding carboxylic acids is 1. The van der Waals surface area contributed by atoms with Crippen molar-refractivity contribution in [3.63, 3.8) is 0 Å². The SMILES string of the molecule is Cc1cc(C(=O)O)c(F)c(S(=O)(=O)N(CC(N)=O)CC(C)C)c1. The van der Waals surface area contributed by atoms with Crippen molar-refractivity contribution in [3.05, 3.63) is 29.1 Å². The maximum absolute atomic E-state index is 14.3. The molecule has 0 aliphatic rings.